The minimum atomic E-state index is 0.607. The van der Waals surface area contributed by atoms with Gasteiger partial charge in [0.1, 0.15) is 30.2 Å². The summed E-state index contributed by atoms with van der Waals surface area (Å²) >= 11 is 1.69. The number of hydrogen-bond acceptors (Lipinski definition) is 6. The van der Waals surface area contributed by atoms with Crippen LogP contribution in [0.1, 0.15) is 5.56 Å². The monoisotopic (exact) mass is 389 g/mol. The van der Waals surface area contributed by atoms with Crippen molar-refractivity contribution < 1.29 is 9.47 Å². The van der Waals surface area contributed by atoms with Gasteiger partial charge in [-0.05, 0) is 35.7 Å². The van der Waals surface area contributed by atoms with Crippen molar-refractivity contribution in [1.29, 1.82) is 0 Å². The molecule has 2 aromatic carbocycles. The molecule has 3 heterocycles. The average molecular weight is 389 g/mol. The Morgan fingerprint density at radius 3 is 2.68 bits per heavy atom. The summed E-state index contributed by atoms with van der Waals surface area (Å²) in [5, 5.41) is 4.53. The average Bonchev–Trinajstić information content (AvgIpc) is 3.20. The molecule has 0 radical (unpaired) electrons. The Bertz CT molecular complexity index is 1110. The highest BCUT2D eigenvalue weighted by atomic mass is 32.1. The third-order valence-corrected chi connectivity index (χ3v) is 5.79. The molecule has 0 amide bonds. The second kappa shape index (κ2) is 7.48. The summed E-state index contributed by atoms with van der Waals surface area (Å²) in [7, 11) is 0. The number of hydrogen-bond donors (Lipinski definition) is 1. The predicted molar refractivity (Wildman–Crippen MR) is 112 cm³/mol. The van der Waals surface area contributed by atoms with Gasteiger partial charge in [0.05, 0.1) is 5.39 Å². The summed E-state index contributed by atoms with van der Waals surface area (Å²) in [6.45, 7) is 2.00. The molecule has 140 valence electrons. The number of fused-ring (bicyclic) bond motifs is 2. The first-order valence-corrected chi connectivity index (χ1v) is 10.1. The van der Waals surface area contributed by atoms with Crippen LogP contribution in [0.2, 0.25) is 0 Å². The number of nitrogens with zero attached hydrogens (tertiary/aromatic N) is 2. The van der Waals surface area contributed by atoms with Crippen molar-refractivity contribution in [2.45, 2.75) is 6.42 Å². The molecule has 0 atom stereocenters. The van der Waals surface area contributed by atoms with Gasteiger partial charge in [0.15, 0.2) is 11.5 Å². The summed E-state index contributed by atoms with van der Waals surface area (Å²) in [6, 6.07) is 18.7. The van der Waals surface area contributed by atoms with Crippen LogP contribution in [-0.2, 0) is 6.42 Å². The molecule has 6 heteroatoms. The molecule has 2 aromatic heterocycles. The van der Waals surface area contributed by atoms with Crippen LogP contribution in [0.25, 0.3) is 20.7 Å². The van der Waals surface area contributed by atoms with Gasteiger partial charge in [0, 0.05) is 11.4 Å². The molecule has 0 saturated heterocycles. The second-order valence-corrected chi connectivity index (χ2v) is 7.60. The molecule has 0 unspecified atom stereocenters. The standard InChI is InChI=1S/C22H19N3O2S/c1-2-4-16(5-3-1)20-13-17-21(24-14-25-22(17)28-20)23-9-8-15-6-7-18-19(12-15)27-11-10-26-18/h1-7,12-14H,8-11H2,(H,23,24,25). The highest BCUT2D eigenvalue weighted by Gasteiger charge is 2.12. The van der Waals surface area contributed by atoms with E-state index in [9.17, 15) is 0 Å². The zero-order valence-corrected chi connectivity index (χ0v) is 16.0. The van der Waals surface area contributed by atoms with Gasteiger partial charge < -0.3 is 14.8 Å². The van der Waals surface area contributed by atoms with Crippen molar-refractivity contribution in [1.82, 2.24) is 9.97 Å². The Kier molecular flexibility index (Phi) is 4.54. The molecule has 28 heavy (non-hydrogen) atoms. The molecule has 0 spiro atoms. The molecule has 1 aliphatic heterocycles. The third kappa shape index (κ3) is 3.39. The number of ether oxygens (including phenoxy) is 2. The maximum Gasteiger partial charge on any atom is 0.161 e. The van der Waals surface area contributed by atoms with Crippen LogP contribution in [0.15, 0.2) is 60.9 Å². The number of anilines is 1. The first kappa shape index (κ1) is 17.0. The summed E-state index contributed by atoms with van der Waals surface area (Å²) < 4.78 is 11.2. The van der Waals surface area contributed by atoms with Crippen LogP contribution in [0.5, 0.6) is 11.5 Å². The van der Waals surface area contributed by atoms with Crippen LogP contribution >= 0.6 is 11.3 Å². The minimum Gasteiger partial charge on any atom is -0.486 e. The van der Waals surface area contributed by atoms with Gasteiger partial charge in [-0.1, -0.05) is 36.4 Å². The third-order valence-electron chi connectivity index (χ3n) is 4.70. The molecule has 5 rings (SSSR count). The van der Waals surface area contributed by atoms with E-state index in [-0.39, 0.29) is 0 Å². The Morgan fingerprint density at radius 2 is 1.79 bits per heavy atom. The largest absolute Gasteiger partial charge is 0.486 e. The lowest BCUT2D eigenvalue weighted by molar-refractivity contribution is 0.171. The van der Waals surface area contributed by atoms with Gasteiger partial charge in [-0.15, -0.1) is 11.3 Å². The Labute approximate surface area is 167 Å². The molecule has 0 bridgehead atoms. The Hall–Kier alpha value is -3.12. The normalized spacial score (nSPS) is 12.9. The fourth-order valence-corrected chi connectivity index (χ4v) is 4.31. The molecule has 1 N–H and O–H groups in total. The van der Waals surface area contributed by atoms with Crippen molar-refractivity contribution in [3.8, 4) is 21.9 Å². The van der Waals surface area contributed by atoms with E-state index < -0.39 is 0 Å². The molecule has 5 nitrogen and oxygen atoms in total. The smallest absolute Gasteiger partial charge is 0.161 e. The predicted octanol–water partition coefficient (Wildman–Crippen LogP) is 4.78. The molecule has 4 aromatic rings. The zero-order chi connectivity index (χ0) is 18.8. The fraction of sp³-hybridized carbons (Fsp3) is 0.182. The highest BCUT2D eigenvalue weighted by Crippen LogP contribution is 2.35. The molecular formula is C22H19N3O2S. The minimum absolute atomic E-state index is 0.607. The number of nitrogens with one attached hydrogen (secondary N) is 1. The van der Waals surface area contributed by atoms with Gasteiger partial charge in [-0.3, -0.25) is 0 Å². The maximum atomic E-state index is 5.67. The highest BCUT2D eigenvalue weighted by molar-refractivity contribution is 7.21. The number of benzene rings is 2. The lowest BCUT2D eigenvalue weighted by atomic mass is 10.1. The van der Waals surface area contributed by atoms with Crippen LogP contribution < -0.4 is 14.8 Å². The topological polar surface area (TPSA) is 56.3 Å². The van der Waals surface area contributed by atoms with Gasteiger partial charge in [0.2, 0.25) is 0 Å². The van der Waals surface area contributed by atoms with Crippen LogP contribution in [0.4, 0.5) is 5.82 Å². The van der Waals surface area contributed by atoms with Crippen LogP contribution in [0, 0.1) is 0 Å². The van der Waals surface area contributed by atoms with E-state index >= 15 is 0 Å². The van der Waals surface area contributed by atoms with Crippen molar-refractivity contribution in [2.75, 3.05) is 25.1 Å². The summed E-state index contributed by atoms with van der Waals surface area (Å²) in [6.07, 6.45) is 2.50. The summed E-state index contributed by atoms with van der Waals surface area (Å²) in [4.78, 5) is 11.1. The SMILES string of the molecule is c1ccc(-c2cc3c(NCCc4ccc5c(c4)OCCO5)ncnc3s2)cc1. The maximum absolute atomic E-state index is 5.67. The molecule has 1 aliphatic rings. The molecule has 0 aliphatic carbocycles. The van der Waals surface area contributed by atoms with Crippen LogP contribution in [-0.4, -0.2) is 29.7 Å². The second-order valence-electron chi connectivity index (χ2n) is 6.57. The molecule has 0 fully saturated rings. The first-order valence-electron chi connectivity index (χ1n) is 9.29. The lowest BCUT2D eigenvalue weighted by Gasteiger charge is -2.18. The van der Waals surface area contributed by atoms with E-state index in [1.807, 2.05) is 12.1 Å². The zero-order valence-electron chi connectivity index (χ0n) is 15.2. The fourth-order valence-electron chi connectivity index (χ4n) is 3.31. The van der Waals surface area contributed by atoms with Gasteiger partial charge in [0.25, 0.3) is 0 Å². The van der Waals surface area contributed by atoms with Crippen molar-refractivity contribution in [3.05, 3.63) is 66.5 Å². The first-order chi connectivity index (χ1) is 13.9. The summed E-state index contributed by atoms with van der Waals surface area (Å²) in [5.41, 5.74) is 2.41. The Morgan fingerprint density at radius 1 is 0.929 bits per heavy atom. The number of thiophene rings is 1. The molecule has 0 saturated carbocycles. The van der Waals surface area contributed by atoms with E-state index in [1.165, 1.54) is 16.0 Å². The molecular weight excluding hydrogens is 370 g/mol. The van der Waals surface area contributed by atoms with Gasteiger partial charge in [-0.2, -0.15) is 0 Å². The van der Waals surface area contributed by atoms with Crippen molar-refractivity contribution in [2.24, 2.45) is 0 Å². The van der Waals surface area contributed by atoms with E-state index in [4.69, 9.17) is 9.47 Å². The van der Waals surface area contributed by atoms with Crippen LogP contribution in [0.3, 0.4) is 0 Å². The lowest BCUT2D eigenvalue weighted by Crippen LogP contribution is -2.15. The van der Waals surface area contributed by atoms with E-state index in [2.05, 4.69) is 57.7 Å². The number of aromatic nitrogens is 2. The van der Waals surface area contributed by atoms with E-state index in [0.29, 0.717) is 13.2 Å². The van der Waals surface area contributed by atoms with Crippen molar-refractivity contribution >= 4 is 27.4 Å². The van der Waals surface area contributed by atoms with Gasteiger partial charge in [-0.25, -0.2) is 9.97 Å². The van der Waals surface area contributed by atoms with E-state index in [1.54, 1.807) is 17.7 Å². The number of rotatable bonds is 5. The summed E-state index contributed by atoms with van der Waals surface area (Å²) in [5.74, 6) is 2.53. The van der Waals surface area contributed by atoms with Crippen molar-refractivity contribution in [3.63, 3.8) is 0 Å². The Balaban J connectivity index is 1.32. The quantitative estimate of drug-likeness (QED) is 0.532. The van der Waals surface area contributed by atoms with E-state index in [0.717, 1.165) is 40.5 Å². The van der Waals surface area contributed by atoms with Gasteiger partial charge >= 0.3 is 0 Å².